The lowest BCUT2D eigenvalue weighted by Gasteiger charge is -2.11. The number of hydrogen-bond donors (Lipinski definition) is 1. The quantitative estimate of drug-likeness (QED) is 0.661. The lowest BCUT2D eigenvalue weighted by Crippen LogP contribution is -1.94. The number of hydrogen-bond acceptors (Lipinski definition) is 3. The Bertz CT molecular complexity index is 600. The molecule has 0 spiro atoms. The lowest BCUT2D eigenvalue weighted by molar-refractivity contribution is 0.413. The number of para-hydroxylation sites is 1. The number of terminal acetylenes is 1. The van der Waals surface area contributed by atoms with Crippen molar-refractivity contribution in [3.8, 4) is 29.6 Å². The second-order valence-electron chi connectivity index (χ2n) is 3.65. The van der Waals surface area contributed by atoms with E-state index in [2.05, 4.69) is 5.92 Å². The third-order valence-corrected chi connectivity index (χ3v) is 2.48. The molecule has 0 radical (unpaired) electrons. The predicted molar refractivity (Wildman–Crippen MR) is 71.9 cm³/mol. The van der Waals surface area contributed by atoms with E-state index in [1.165, 1.54) is 0 Å². The Balaban J connectivity index is 2.32. The van der Waals surface area contributed by atoms with Gasteiger partial charge in [-0.3, -0.25) is 0 Å². The van der Waals surface area contributed by atoms with Crippen molar-refractivity contribution in [1.82, 2.24) is 0 Å². The van der Waals surface area contributed by atoms with Gasteiger partial charge in [0.05, 0.1) is 18.4 Å². The smallest absolute Gasteiger partial charge is 0.150 e. The van der Waals surface area contributed by atoms with Gasteiger partial charge >= 0.3 is 0 Å². The molecular formula is C15H13NO2. The van der Waals surface area contributed by atoms with E-state index in [1.54, 1.807) is 31.4 Å². The molecule has 0 aliphatic carbocycles. The van der Waals surface area contributed by atoms with Gasteiger partial charge < -0.3 is 15.2 Å². The van der Waals surface area contributed by atoms with E-state index in [0.29, 0.717) is 28.5 Å². The zero-order chi connectivity index (χ0) is 13.0. The molecule has 2 N–H and O–H groups in total. The summed E-state index contributed by atoms with van der Waals surface area (Å²) < 4.78 is 10.8. The summed E-state index contributed by atoms with van der Waals surface area (Å²) in [5.74, 6) is 4.41. The number of benzene rings is 2. The van der Waals surface area contributed by atoms with Gasteiger partial charge in [-0.15, -0.1) is 6.42 Å². The largest absolute Gasteiger partial charge is 0.497 e. The molecule has 2 aromatic rings. The Hall–Kier alpha value is -2.60. The first-order valence-electron chi connectivity index (χ1n) is 5.41. The van der Waals surface area contributed by atoms with Crippen LogP contribution in [-0.2, 0) is 0 Å². The highest BCUT2D eigenvalue weighted by molar-refractivity contribution is 5.58. The average Bonchev–Trinajstić information content (AvgIpc) is 2.41. The maximum atomic E-state index is 5.88. The summed E-state index contributed by atoms with van der Waals surface area (Å²) in [7, 11) is 1.59. The van der Waals surface area contributed by atoms with Crippen LogP contribution in [0.4, 0.5) is 5.69 Å². The molecule has 0 amide bonds. The summed E-state index contributed by atoms with van der Waals surface area (Å²) >= 11 is 0. The normalized spacial score (nSPS) is 9.56. The minimum Gasteiger partial charge on any atom is -0.497 e. The Labute approximate surface area is 106 Å². The fraction of sp³-hybridized carbons (Fsp3) is 0.0667. The number of nitrogens with two attached hydrogens (primary N) is 1. The van der Waals surface area contributed by atoms with Crippen LogP contribution in [0.3, 0.4) is 0 Å². The number of nitrogen functional groups attached to an aromatic ring is 1. The van der Waals surface area contributed by atoms with Crippen LogP contribution in [-0.4, -0.2) is 7.11 Å². The highest BCUT2D eigenvalue weighted by atomic mass is 16.5. The van der Waals surface area contributed by atoms with Crippen LogP contribution in [0.5, 0.6) is 17.2 Å². The van der Waals surface area contributed by atoms with Gasteiger partial charge in [0.25, 0.3) is 0 Å². The molecule has 3 nitrogen and oxygen atoms in total. The van der Waals surface area contributed by atoms with Crippen LogP contribution in [0.2, 0.25) is 0 Å². The number of rotatable bonds is 3. The first kappa shape index (κ1) is 11.9. The highest BCUT2D eigenvalue weighted by Gasteiger charge is 2.06. The third kappa shape index (κ3) is 2.38. The molecule has 2 rings (SSSR count). The minimum atomic E-state index is 0.501. The average molecular weight is 239 g/mol. The Morgan fingerprint density at radius 2 is 1.89 bits per heavy atom. The van der Waals surface area contributed by atoms with Gasteiger partial charge in [0, 0.05) is 6.07 Å². The first-order valence-corrected chi connectivity index (χ1v) is 5.41. The van der Waals surface area contributed by atoms with Crippen LogP contribution >= 0.6 is 0 Å². The topological polar surface area (TPSA) is 44.5 Å². The van der Waals surface area contributed by atoms with Crippen molar-refractivity contribution >= 4 is 5.69 Å². The zero-order valence-corrected chi connectivity index (χ0v) is 10.0. The highest BCUT2D eigenvalue weighted by Crippen LogP contribution is 2.31. The maximum Gasteiger partial charge on any atom is 0.150 e. The Kier molecular flexibility index (Phi) is 3.40. The van der Waals surface area contributed by atoms with Crippen LogP contribution in [0, 0.1) is 12.3 Å². The molecule has 90 valence electrons. The second-order valence-corrected chi connectivity index (χ2v) is 3.65. The van der Waals surface area contributed by atoms with Gasteiger partial charge in [-0.1, -0.05) is 18.1 Å². The summed E-state index contributed by atoms with van der Waals surface area (Å²) in [5, 5.41) is 0. The standard InChI is InChI=1S/C15H13NO2/c1-3-11-6-4-5-7-14(11)18-15-9-8-12(17-2)10-13(15)16/h1,4-10H,16H2,2H3. The summed E-state index contributed by atoms with van der Waals surface area (Å²) in [6, 6.07) is 12.6. The van der Waals surface area contributed by atoms with E-state index in [1.807, 2.05) is 18.2 Å². The van der Waals surface area contributed by atoms with Gasteiger partial charge in [-0.05, 0) is 24.3 Å². The molecule has 3 heteroatoms. The predicted octanol–water partition coefficient (Wildman–Crippen LogP) is 3.05. The Morgan fingerprint density at radius 3 is 2.56 bits per heavy atom. The molecule has 0 aliphatic heterocycles. The zero-order valence-electron chi connectivity index (χ0n) is 10.0. The van der Waals surface area contributed by atoms with Crippen molar-refractivity contribution in [1.29, 1.82) is 0 Å². The molecule has 2 aromatic carbocycles. The molecule has 0 bridgehead atoms. The molecule has 0 saturated carbocycles. The van der Waals surface area contributed by atoms with Crippen LogP contribution in [0.15, 0.2) is 42.5 Å². The van der Waals surface area contributed by atoms with Crippen molar-refractivity contribution in [2.24, 2.45) is 0 Å². The van der Waals surface area contributed by atoms with Crippen molar-refractivity contribution in [3.63, 3.8) is 0 Å². The number of anilines is 1. The van der Waals surface area contributed by atoms with Gasteiger partial charge in [0.2, 0.25) is 0 Å². The van der Waals surface area contributed by atoms with Crippen molar-refractivity contribution < 1.29 is 9.47 Å². The minimum absolute atomic E-state index is 0.501. The van der Waals surface area contributed by atoms with Gasteiger partial charge in [0.1, 0.15) is 11.5 Å². The monoisotopic (exact) mass is 239 g/mol. The number of ether oxygens (including phenoxy) is 2. The summed E-state index contributed by atoms with van der Waals surface area (Å²) in [6.07, 6.45) is 5.41. The molecule has 0 heterocycles. The molecule has 0 aromatic heterocycles. The molecule has 0 aliphatic rings. The fourth-order valence-corrected chi connectivity index (χ4v) is 1.54. The van der Waals surface area contributed by atoms with Gasteiger partial charge in [0.15, 0.2) is 5.75 Å². The molecule has 0 saturated heterocycles. The van der Waals surface area contributed by atoms with E-state index >= 15 is 0 Å². The Morgan fingerprint density at radius 1 is 1.11 bits per heavy atom. The van der Waals surface area contributed by atoms with Gasteiger partial charge in [-0.2, -0.15) is 0 Å². The van der Waals surface area contributed by atoms with Crippen molar-refractivity contribution in [3.05, 3.63) is 48.0 Å². The molecule has 0 unspecified atom stereocenters. The van der Waals surface area contributed by atoms with Crippen molar-refractivity contribution in [2.75, 3.05) is 12.8 Å². The van der Waals surface area contributed by atoms with E-state index in [-0.39, 0.29) is 0 Å². The van der Waals surface area contributed by atoms with E-state index in [0.717, 1.165) is 0 Å². The summed E-state index contributed by atoms with van der Waals surface area (Å²) in [4.78, 5) is 0. The van der Waals surface area contributed by atoms with Crippen molar-refractivity contribution in [2.45, 2.75) is 0 Å². The lowest BCUT2D eigenvalue weighted by atomic mass is 10.2. The third-order valence-electron chi connectivity index (χ3n) is 2.48. The molecule has 0 atom stereocenters. The number of methoxy groups -OCH3 is 1. The van der Waals surface area contributed by atoms with Crippen LogP contribution in [0.25, 0.3) is 0 Å². The van der Waals surface area contributed by atoms with Gasteiger partial charge in [-0.25, -0.2) is 0 Å². The van der Waals surface area contributed by atoms with E-state index in [9.17, 15) is 0 Å². The second kappa shape index (κ2) is 5.15. The van der Waals surface area contributed by atoms with Crippen LogP contribution < -0.4 is 15.2 Å². The SMILES string of the molecule is C#Cc1ccccc1Oc1ccc(OC)cc1N. The summed E-state index contributed by atoms with van der Waals surface area (Å²) in [6.45, 7) is 0. The molecular weight excluding hydrogens is 226 g/mol. The maximum absolute atomic E-state index is 5.88. The molecule has 18 heavy (non-hydrogen) atoms. The summed E-state index contributed by atoms with van der Waals surface area (Å²) in [5.41, 5.74) is 7.07. The van der Waals surface area contributed by atoms with Crippen LogP contribution in [0.1, 0.15) is 5.56 Å². The first-order chi connectivity index (χ1) is 8.74. The fourth-order valence-electron chi connectivity index (χ4n) is 1.54. The molecule has 0 fully saturated rings. The van der Waals surface area contributed by atoms with E-state index < -0.39 is 0 Å². The van der Waals surface area contributed by atoms with E-state index in [4.69, 9.17) is 21.6 Å².